The molecule has 1 fully saturated rings. The number of hydrogen-bond acceptors (Lipinski definition) is 7. The van der Waals surface area contributed by atoms with E-state index in [9.17, 15) is 13.2 Å². The predicted octanol–water partition coefficient (Wildman–Crippen LogP) is 1.90. The highest BCUT2D eigenvalue weighted by molar-refractivity contribution is 7.89. The highest BCUT2D eigenvalue weighted by Gasteiger charge is 2.29. The summed E-state index contributed by atoms with van der Waals surface area (Å²) in [6, 6.07) is 11.4. The third-order valence-electron chi connectivity index (χ3n) is 5.10. The van der Waals surface area contributed by atoms with E-state index in [4.69, 9.17) is 14.2 Å². The van der Waals surface area contributed by atoms with Crippen LogP contribution in [0.15, 0.2) is 47.4 Å². The molecular formula is C21H26N2O6S. The fourth-order valence-electron chi connectivity index (χ4n) is 3.33. The van der Waals surface area contributed by atoms with Gasteiger partial charge in [0, 0.05) is 31.7 Å². The zero-order valence-corrected chi connectivity index (χ0v) is 18.1. The summed E-state index contributed by atoms with van der Waals surface area (Å²) in [4.78, 5) is 14.9. The summed E-state index contributed by atoms with van der Waals surface area (Å²) < 4.78 is 42.7. The van der Waals surface area contributed by atoms with Crippen LogP contribution >= 0.6 is 0 Å². The SMILES string of the molecule is COc1ccc(S(=O)(=O)N2CCN(CC(=O)c3ccc(OC)c(OC)c3)CC2)cc1. The van der Waals surface area contributed by atoms with Gasteiger partial charge in [0.15, 0.2) is 17.3 Å². The van der Waals surface area contributed by atoms with E-state index < -0.39 is 10.0 Å². The highest BCUT2D eigenvalue weighted by atomic mass is 32.2. The average Bonchev–Trinajstić information content (AvgIpc) is 2.78. The first-order valence-electron chi connectivity index (χ1n) is 9.51. The Morgan fingerprint density at radius 3 is 2.07 bits per heavy atom. The van der Waals surface area contributed by atoms with Crippen molar-refractivity contribution in [3.8, 4) is 17.2 Å². The molecule has 162 valence electrons. The molecule has 0 aliphatic carbocycles. The number of carbonyl (C=O) groups excluding carboxylic acids is 1. The Morgan fingerprint density at radius 2 is 1.50 bits per heavy atom. The molecule has 0 atom stereocenters. The molecule has 0 N–H and O–H groups in total. The summed E-state index contributed by atoms with van der Waals surface area (Å²) in [6.07, 6.45) is 0. The standard InChI is InChI=1S/C21H26N2O6S/c1-27-17-5-7-18(8-6-17)30(25,26)23-12-10-22(11-13-23)15-19(24)16-4-9-20(28-2)21(14-16)29-3/h4-9,14H,10-13,15H2,1-3H3. The molecular weight excluding hydrogens is 408 g/mol. The number of piperazine rings is 1. The molecule has 0 saturated carbocycles. The van der Waals surface area contributed by atoms with Crippen LogP contribution in [0.25, 0.3) is 0 Å². The van der Waals surface area contributed by atoms with Gasteiger partial charge in [0.2, 0.25) is 10.0 Å². The molecule has 0 amide bonds. The van der Waals surface area contributed by atoms with Crippen molar-refractivity contribution >= 4 is 15.8 Å². The molecule has 1 aliphatic heterocycles. The number of rotatable bonds is 8. The maximum atomic E-state index is 12.8. The molecule has 1 aliphatic rings. The van der Waals surface area contributed by atoms with E-state index in [1.54, 1.807) is 49.6 Å². The molecule has 30 heavy (non-hydrogen) atoms. The van der Waals surface area contributed by atoms with Gasteiger partial charge in [-0.05, 0) is 42.5 Å². The van der Waals surface area contributed by atoms with Crippen molar-refractivity contribution in [2.75, 3.05) is 54.1 Å². The van der Waals surface area contributed by atoms with Crippen LogP contribution in [0.4, 0.5) is 0 Å². The molecule has 8 nitrogen and oxygen atoms in total. The number of sulfonamides is 1. The minimum Gasteiger partial charge on any atom is -0.497 e. The second-order valence-electron chi connectivity index (χ2n) is 6.85. The summed E-state index contributed by atoms with van der Waals surface area (Å²) >= 11 is 0. The lowest BCUT2D eigenvalue weighted by Crippen LogP contribution is -2.49. The Morgan fingerprint density at radius 1 is 0.867 bits per heavy atom. The van der Waals surface area contributed by atoms with Crippen LogP contribution in [0.1, 0.15) is 10.4 Å². The first-order valence-corrected chi connectivity index (χ1v) is 10.9. The van der Waals surface area contributed by atoms with Gasteiger partial charge in [-0.15, -0.1) is 0 Å². The average molecular weight is 435 g/mol. The van der Waals surface area contributed by atoms with Gasteiger partial charge in [-0.25, -0.2) is 8.42 Å². The van der Waals surface area contributed by atoms with Crippen molar-refractivity contribution in [1.29, 1.82) is 0 Å². The molecule has 0 aromatic heterocycles. The van der Waals surface area contributed by atoms with Crippen LogP contribution in [0, 0.1) is 0 Å². The van der Waals surface area contributed by atoms with Gasteiger partial charge in [0.25, 0.3) is 0 Å². The van der Waals surface area contributed by atoms with Crippen LogP contribution in [-0.4, -0.2) is 77.5 Å². The lowest BCUT2D eigenvalue weighted by molar-refractivity contribution is 0.0901. The van der Waals surface area contributed by atoms with E-state index >= 15 is 0 Å². The smallest absolute Gasteiger partial charge is 0.243 e. The number of carbonyl (C=O) groups is 1. The molecule has 9 heteroatoms. The molecule has 3 rings (SSSR count). The van der Waals surface area contributed by atoms with Crippen molar-refractivity contribution in [3.63, 3.8) is 0 Å². The van der Waals surface area contributed by atoms with Crippen molar-refractivity contribution in [2.45, 2.75) is 4.90 Å². The van der Waals surface area contributed by atoms with Gasteiger partial charge in [-0.1, -0.05) is 0 Å². The van der Waals surface area contributed by atoms with E-state index in [1.807, 2.05) is 4.90 Å². The van der Waals surface area contributed by atoms with Crippen molar-refractivity contribution in [2.24, 2.45) is 0 Å². The van der Waals surface area contributed by atoms with Gasteiger partial charge >= 0.3 is 0 Å². The quantitative estimate of drug-likeness (QED) is 0.587. The summed E-state index contributed by atoms with van der Waals surface area (Å²) in [6.45, 7) is 1.83. The van der Waals surface area contributed by atoms with Crippen LogP contribution in [0.3, 0.4) is 0 Å². The third kappa shape index (κ3) is 4.75. The maximum Gasteiger partial charge on any atom is 0.243 e. The zero-order valence-electron chi connectivity index (χ0n) is 17.3. The first kappa shape index (κ1) is 22.1. The fourth-order valence-corrected chi connectivity index (χ4v) is 4.75. The number of nitrogens with zero attached hydrogens (tertiary/aromatic N) is 2. The Kier molecular flexibility index (Phi) is 6.96. The lowest BCUT2D eigenvalue weighted by atomic mass is 10.1. The molecule has 1 saturated heterocycles. The Labute approximate surface area is 177 Å². The number of ketones is 1. The first-order chi connectivity index (χ1) is 14.4. The molecule has 2 aromatic rings. The maximum absolute atomic E-state index is 12.8. The second kappa shape index (κ2) is 9.46. The van der Waals surface area contributed by atoms with E-state index in [-0.39, 0.29) is 17.2 Å². The summed E-state index contributed by atoms with van der Waals surface area (Å²) in [5.41, 5.74) is 0.529. The lowest BCUT2D eigenvalue weighted by Gasteiger charge is -2.33. The highest BCUT2D eigenvalue weighted by Crippen LogP contribution is 2.28. The van der Waals surface area contributed by atoms with Crippen LogP contribution in [0.2, 0.25) is 0 Å². The Bertz CT molecular complexity index is 983. The van der Waals surface area contributed by atoms with Crippen molar-refractivity contribution < 1.29 is 27.4 Å². The van der Waals surface area contributed by atoms with Gasteiger partial charge in [-0.2, -0.15) is 4.31 Å². The summed E-state index contributed by atoms with van der Waals surface area (Å²) in [5.74, 6) is 1.61. The molecule has 0 bridgehead atoms. The Hall–Kier alpha value is -2.62. The van der Waals surface area contributed by atoms with Gasteiger partial charge in [-0.3, -0.25) is 9.69 Å². The number of methoxy groups -OCH3 is 3. The number of Topliss-reactive ketones (excluding diaryl/α,β-unsaturated/α-hetero) is 1. The van der Waals surface area contributed by atoms with E-state index in [2.05, 4.69) is 0 Å². The van der Waals surface area contributed by atoms with E-state index in [1.165, 1.54) is 18.5 Å². The topological polar surface area (TPSA) is 85.4 Å². The van der Waals surface area contributed by atoms with E-state index in [0.29, 0.717) is 49.0 Å². The van der Waals surface area contributed by atoms with Crippen LogP contribution < -0.4 is 14.2 Å². The molecule has 0 spiro atoms. The largest absolute Gasteiger partial charge is 0.497 e. The van der Waals surface area contributed by atoms with Gasteiger partial charge in [0.1, 0.15) is 5.75 Å². The third-order valence-corrected chi connectivity index (χ3v) is 7.01. The zero-order chi connectivity index (χ0) is 21.7. The Balaban J connectivity index is 1.60. The minimum atomic E-state index is -3.57. The predicted molar refractivity (Wildman–Crippen MR) is 112 cm³/mol. The van der Waals surface area contributed by atoms with E-state index in [0.717, 1.165) is 0 Å². The number of ether oxygens (including phenoxy) is 3. The number of benzene rings is 2. The fraction of sp³-hybridized carbons (Fsp3) is 0.381. The number of hydrogen-bond donors (Lipinski definition) is 0. The molecule has 0 unspecified atom stereocenters. The minimum absolute atomic E-state index is 0.0533. The molecule has 1 heterocycles. The summed E-state index contributed by atoms with van der Waals surface area (Å²) in [5, 5.41) is 0. The normalized spacial score (nSPS) is 15.6. The molecule has 0 radical (unpaired) electrons. The van der Waals surface area contributed by atoms with Gasteiger partial charge < -0.3 is 14.2 Å². The van der Waals surface area contributed by atoms with Gasteiger partial charge in [0.05, 0.1) is 32.8 Å². The summed E-state index contributed by atoms with van der Waals surface area (Å²) in [7, 11) is 1.02. The molecule has 2 aromatic carbocycles. The monoisotopic (exact) mass is 434 g/mol. The second-order valence-corrected chi connectivity index (χ2v) is 8.79. The van der Waals surface area contributed by atoms with Crippen molar-refractivity contribution in [1.82, 2.24) is 9.21 Å². The van der Waals surface area contributed by atoms with Crippen LogP contribution in [-0.2, 0) is 10.0 Å². The van der Waals surface area contributed by atoms with Crippen molar-refractivity contribution in [3.05, 3.63) is 48.0 Å². The van der Waals surface area contributed by atoms with Crippen LogP contribution in [0.5, 0.6) is 17.2 Å².